The van der Waals surface area contributed by atoms with Crippen molar-refractivity contribution in [1.29, 1.82) is 5.26 Å². The third kappa shape index (κ3) is 4.29. The van der Waals surface area contributed by atoms with Crippen molar-refractivity contribution in [3.8, 4) is 6.07 Å². The molecular formula is C17H20N4O. The lowest BCUT2D eigenvalue weighted by atomic mass is 10.00. The van der Waals surface area contributed by atoms with Crippen LogP contribution in [0.1, 0.15) is 23.6 Å². The molecule has 5 heteroatoms. The fourth-order valence-electron chi connectivity index (χ4n) is 2.06. The Morgan fingerprint density at radius 1 is 1.41 bits per heavy atom. The molecule has 0 saturated heterocycles. The van der Waals surface area contributed by atoms with Crippen molar-refractivity contribution in [1.82, 2.24) is 15.1 Å². The van der Waals surface area contributed by atoms with E-state index in [9.17, 15) is 5.11 Å². The van der Waals surface area contributed by atoms with E-state index in [4.69, 9.17) is 5.26 Å². The summed E-state index contributed by atoms with van der Waals surface area (Å²) in [6, 6.07) is 9.48. The Hall–Kier alpha value is -2.42. The fraction of sp³-hybridized carbons (Fsp3) is 0.294. The third-order valence-corrected chi connectivity index (χ3v) is 3.41. The average molecular weight is 296 g/mol. The Kier molecular flexibility index (Phi) is 5.10. The summed E-state index contributed by atoms with van der Waals surface area (Å²) in [5.74, 6) is 0. The van der Waals surface area contributed by atoms with Crippen molar-refractivity contribution in [2.75, 3.05) is 13.1 Å². The zero-order valence-corrected chi connectivity index (χ0v) is 12.8. The number of aromatic nitrogens is 2. The fourth-order valence-corrected chi connectivity index (χ4v) is 2.06. The average Bonchev–Trinajstić information content (AvgIpc) is 2.95. The van der Waals surface area contributed by atoms with Crippen LogP contribution >= 0.6 is 0 Å². The van der Waals surface area contributed by atoms with E-state index >= 15 is 0 Å². The molecule has 1 atom stereocenters. The molecule has 0 amide bonds. The Bertz CT molecular complexity index is 677. The van der Waals surface area contributed by atoms with Crippen molar-refractivity contribution in [2.24, 2.45) is 7.05 Å². The van der Waals surface area contributed by atoms with E-state index in [-0.39, 0.29) is 0 Å². The SMILES string of the molecule is Cn1cc(C(C)(O)CNC/C=C/c2ccc(C#N)cc2)cn1. The van der Waals surface area contributed by atoms with Crippen molar-refractivity contribution >= 4 is 6.08 Å². The Morgan fingerprint density at radius 3 is 2.73 bits per heavy atom. The van der Waals surface area contributed by atoms with Crippen LogP contribution in [0.2, 0.25) is 0 Å². The highest BCUT2D eigenvalue weighted by Crippen LogP contribution is 2.18. The van der Waals surface area contributed by atoms with Gasteiger partial charge in [-0.3, -0.25) is 4.68 Å². The molecule has 0 aliphatic carbocycles. The summed E-state index contributed by atoms with van der Waals surface area (Å²) < 4.78 is 1.68. The summed E-state index contributed by atoms with van der Waals surface area (Å²) in [5, 5.41) is 26.4. The van der Waals surface area contributed by atoms with Gasteiger partial charge in [-0.15, -0.1) is 0 Å². The summed E-state index contributed by atoms with van der Waals surface area (Å²) in [7, 11) is 1.83. The molecule has 2 rings (SSSR count). The molecule has 1 heterocycles. The summed E-state index contributed by atoms with van der Waals surface area (Å²) in [6.07, 6.45) is 7.45. The first kappa shape index (κ1) is 16.0. The van der Waals surface area contributed by atoms with Crippen LogP contribution in [0.4, 0.5) is 0 Å². The maximum Gasteiger partial charge on any atom is 0.102 e. The number of nitriles is 1. The lowest BCUT2D eigenvalue weighted by Crippen LogP contribution is -2.35. The Labute approximate surface area is 130 Å². The number of rotatable bonds is 6. The summed E-state index contributed by atoms with van der Waals surface area (Å²) in [6.45, 7) is 2.86. The quantitative estimate of drug-likeness (QED) is 0.797. The monoisotopic (exact) mass is 296 g/mol. The number of hydrogen-bond acceptors (Lipinski definition) is 4. The lowest BCUT2D eigenvalue weighted by molar-refractivity contribution is 0.0580. The van der Waals surface area contributed by atoms with Gasteiger partial charge in [0.1, 0.15) is 5.60 Å². The first-order chi connectivity index (χ1) is 10.5. The highest BCUT2D eigenvalue weighted by molar-refractivity contribution is 5.51. The van der Waals surface area contributed by atoms with E-state index in [0.29, 0.717) is 18.7 Å². The van der Waals surface area contributed by atoms with Crippen molar-refractivity contribution < 1.29 is 5.11 Å². The molecule has 2 aromatic rings. The number of aliphatic hydroxyl groups is 1. The maximum atomic E-state index is 10.4. The second kappa shape index (κ2) is 7.03. The van der Waals surface area contributed by atoms with Crippen molar-refractivity contribution in [3.05, 3.63) is 59.4 Å². The molecule has 114 valence electrons. The second-order valence-corrected chi connectivity index (χ2v) is 5.44. The number of hydrogen-bond donors (Lipinski definition) is 2. The Morgan fingerprint density at radius 2 is 2.14 bits per heavy atom. The van der Waals surface area contributed by atoms with Crippen LogP contribution in [0.5, 0.6) is 0 Å². The zero-order valence-electron chi connectivity index (χ0n) is 12.8. The smallest absolute Gasteiger partial charge is 0.102 e. The van der Waals surface area contributed by atoms with E-state index < -0.39 is 5.60 Å². The minimum atomic E-state index is -0.948. The van der Waals surface area contributed by atoms with Gasteiger partial charge < -0.3 is 10.4 Å². The number of benzene rings is 1. The van der Waals surface area contributed by atoms with Gasteiger partial charge >= 0.3 is 0 Å². The highest BCUT2D eigenvalue weighted by atomic mass is 16.3. The van der Waals surface area contributed by atoms with Gasteiger partial charge in [0.25, 0.3) is 0 Å². The van der Waals surface area contributed by atoms with Gasteiger partial charge in [-0.25, -0.2) is 0 Å². The first-order valence-corrected chi connectivity index (χ1v) is 7.10. The van der Waals surface area contributed by atoms with E-state index in [2.05, 4.69) is 16.5 Å². The predicted octanol–water partition coefficient (Wildman–Crippen LogP) is 1.80. The highest BCUT2D eigenvalue weighted by Gasteiger charge is 2.23. The van der Waals surface area contributed by atoms with Gasteiger partial charge in [0, 0.05) is 31.9 Å². The third-order valence-electron chi connectivity index (χ3n) is 3.41. The van der Waals surface area contributed by atoms with Gasteiger partial charge in [0.05, 0.1) is 17.8 Å². The molecule has 0 spiro atoms. The van der Waals surface area contributed by atoms with Gasteiger partial charge in [0.15, 0.2) is 0 Å². The van der Waals surface area contributed by atoms with E-state index in [1.54, 1.807) is 29.9 Å². The standard InChI is InChI=1S/C17H20N4O/c1-17(22,16-11-20-21(2)12-16)13-19-9-3-4-14-5-7-15(10-18)8-6-14/h3-8,11-12,19,22H,9,13H2,1-2H3/b4-3+. The minimum Gasteiger partial charge on any atom is -0.384 e. The number of nitrogens with zero attached hydrogens (tertiary/aromatic N) is 3. The lowest BCUT2D eigenvalue weighted by Gasteiger charge is -2.21. The topological polar surface area (TPSA) is 73.9 Å². The summed E-state index contributed by atoms with van der Waals surface area (Å²) >= 11 is 0. The molecule has 1 aromatic heterocycles. The van der Waals surface area contributed by atoms with Gasteiger partial charge in [-0.05, 0) is 24.6 Å². The molecule has 0 aliphatic heterocycles. The molecule has 0 aliphatic rings. The molecule has 2 N–H and O–H groups in total. The second-order valence-electron chi connectivity index (χ2n) is 5.44. The van der Waals surface area contributed by atoms with Crippen LogP contribution in [0.15, 0.2) is 42.7 Å². The van der Waals surface area contributed by atoms with Crippen molar-refractivity contribution in [3.63, 3.8) is 0 Å². The zero-order chi connectivity index (χ0) is 16.0. The maximum absolute atomic E-state index is 10.4. The van der Waals surface area contributed by atoms with E-state index in [1.165, 1.54) is 0 Å². The molecular weight excluding hydrogens is 276 g/mol. The number of aryl methyl sites for hydroxylation is 1. The molecule has 0 saturated carbocycles. The first-order valence-electron chi connectivity index (χ1n) is 7.10. The normalized spacial score (nSPS) is 13.9. The van der Waals surface area contributed by atoms with Crippen LogP contribution in [0, 0.1) is 11.3 Å². The Balaban J connectivity index is 1.81. The van der Waals surface area contributed by atoms with Crippen LogP contribution in [0.25, 0.3) is 6.08 Å². The van der Waals surface area contributed by atoms with E-state index in [1.807, 2.05) is 37.5 Å². The number of nitrogens with one attached hydrogen (secondary N) is 1. The molecule has 5 nitrogen and oxygen atoms in total. The van der Waals surface area contributed by atoms with E-state index in [0.717, 1.165) is 11.1 Å². The van der Waals surface area contributed by atoms with Gasteiger partial charge in [-0.2, -0.15) is 10.4 Å². The van der Waals surface area contributed by atoms with Crippen LogP contribution < -0.4 is 5.32 Å². The molecule has 22 heavy (non-hydrogen) atoms. The predicted molar refractivity (Wildman–Crippen MR) is 85.8 cm³/mol. The van der Waals surface area contributed by atoms with Crippen molar-refractivity contribution in [2.45, 2.75) is 12.5 Å². The molecule has 1 unspecified atom stereocenters. The largest absolute Gasteiger partial charge is 0.384 e. The van der Waals surface area contributed by atoms with Crippen LogP contribution in [-0.2, 0) is 12.6 Å². The minimum absolute atomic E-state index is 0.441. The molecule has 1 aromatic carbocycles. The molecule has 0 bridgehead atoms. The summed E-state index contributed by atoms with van der Waals surface area (Å²) in [5.41, 5.74) is 1.54. The van der Waals surface area contributed by atoms with Crippen LogP contribution in [0.3, 0.4) is 0 Å². The molecule has 0 radical (unpaired) electrons. The van der Waals surface area contributed by atoms with Gasteiger partial charge in [0.2, 0.25) is 0 Å². The molecule has 0 fully saturated rings. The summed E-state index contributed by atoms with van der Waals surface area (Å²) in [4.78, 5) is 0. The van der Waals surface area contributed by atoms with Crippen LogP contribution in [-0.4, -0.2) is 28.0 Å². The van der Waals surface area contributed by atoms with Gasteiger partial charge in [-0.1, -0.05) is 24.3 Å².